The van der Waals surface area contributed by atoms with Crippen molar-refractivity contribution in [3.05, 3.63) is 29.8 Å². The van der Waals surface area contributed by atoms with Crippen LogP contribution in [-0.4, -0.2) is 23.9 Å². The van der Waals surface area contributed by atoms with Crippen LogP contribution in [0, 0.1) is 17.2 Å². The number of para-hydroxylation sites is 1. The Morgan fingerprint density at radius 3 is 2.52 bits per heavy atom. The highest BCUT2D eigenvalue weighted by atomic mass is 16.2. The third-order valence-corrected chi connectivity index (χ3v) is 3.42. The van der Waals surface area contributed by atoms with Gasteiger partial charge in [0.25, 0.3) is 5.91 Å². The van der Waals surface area contributed by atoms with Gasteiger partial charge in [-0.2, -0.15) is 5.26 Å². The van der Waals surface area contributed by atoms with Gasteiger partial charge in [0, 0.05) is 5.69 Å². The van der Waals surface area contributed by atoms with E-state index in [9.17, 15) is 9.59 Å². The number of hydrogen-bond acceptors (Lipinski definition) is 4. The van der Waals surface area contributed by atoms with Crippen molar-refractivity contribution in [2.75, 3.05) is 11.9 Å². The maximum atomic E-state index is 11.9. The van der Waals surface area contributed by atoms with E-state index >= 15 is 0 Å². The van der Waals surface area contributed by atoms with Crippen molar-refractivity contribution < 1.29 is 9.59 Å². The van der Waals surface area contributed by atoms with E-state index in [-0.39, 0.29) is 18.4 Å². The largest absolute Gasteiger partial charge is 0.376 e. The van der Waals surface area contributed by atoms with Crippen molar-refractivity contribution in [2.45, 2.75) is 26.3 Å². The number of carbonyl (C=O) groups is 2. The fourth-order valence-corrected chi connectivity index (χ4v) is 1.66. The fraction of sp³-hybridized carbons (Fsp3) is 0.400. The number of nitrogens with two attached hydrogens (primary N) is 1. The predicted octanol–water partition coefficient (Wildman–Crippen LogP) is 1.25. The van der Waals surface area contributed by atoms with Crippen LogP contribution in [-0.2, 0) is 4.79 Å². The summed E-state index contributed by atoms with van der Waals surface area (Å²) in [5.74, 6) is -0.918. The number of benzene rings is 1. The Morgan fingerprint density at radius 1 is 1.38 bits per heavy atom. The second-order valence-corrected chi connectivity index (χ2v) is 5.28. The van der Waals surface area contributed by atoms with Gasteiger partial charge in [0.2, 0.25) is 5.91 Å². The second kappa shape index (κ2) is 6.75. The number of anilines is 1. The zero-order valence-corrected chi connectivity index (χ0v) is 12.4. The quantitative estimate of drug-likeness (QED) is 0.732. The molecule has 0 spiro atoms. The van der Waals surface area contributed by atoms with Gasteiger partial charge in [-0.1, -0.05) is 26.0 Å². The lowest BCUT2D eigenvalue weighted by molar-refractivity contribution is -0.121. The molecule has 21 heavy (non-hydrogen) atoms. The van der Waals surface area contributed by atoms with Crippen molar-refractivity contribution >= 4 is 17.5 Å². The first-order chi connectivity index (χ1) is 9.80. The molecule has 6 heteroatoms. The average molecular weight is 288 g/mol. The molecule has 0 aliphatic heterocycles. The van der Waals surface area contributed by atoms with Gasteiger partial charge < -0.3 is 16.4 Å². The first-order valence-electron chi connectivity index (χ1n) is 6.65. The Bertz CT molecular complexity index is 577. The number of nitrogens with zero attached hydrogens (tertiary/aromatic N) is 1. The van der Waals surface area contributed by atoms with Gasteiger partial charge in [0.05, 0.1) is 18.2 Å². The number of amides is 2. The van der Waals surface area contributed by atoms with Gasteiger partial charge in [0.1, 0.15) is 5.54 Å². The van der Waals surface area contributed by atoms with Crippen LogP contribution in [0.3, 0.4) is 0 Å². The van der Waals surface area contributed by atoms with Gasteiger partial charge in [0.15, 0.2) is 0 Å². The van der Waals surface area contributed by atoms with Crippen molar-refractivity contribution in [3.8, 4) is 6.07 Å². The van der Waals surface area contributed by atoms with E-state index in [1.54, 1.807) is 31.2 Å². The Kier molecular flexibility index (Phi) is 5.30. The van der Waals surface area contributed by atoms with Gasteiger partial charge in [-0.25, -0.2) is 0 Å². The monoisotopic (exact) mass is 288 g/mol. The average Bonchev–Trinajstić information content (AvgIpc) is 2.44. The summed E-state index contributed by atoms with van der Waals surface area (Å²) in [6, 6.07) is 8.78. The molecule has 0 radical (unpaired) electrons. The normalized spacial score (nSPS) is 13.1. The summed E-state index contributed by atoms with van der Waals surface area (Å²) in [5.41, 5.74) is 5.14. The van der Waals surface area contributed by atoms with Crippen LogP contribution >= 0.6 is 0 Å². The molecule has 112 valence electrons. The number of nitrogens with one attached hydrogen (secondary N) is 2. The van der Waals surface area contributed by atoms with Crippen LogP contribution in [0.5, 0.6) is 0 Å². The van der Waals surface area contributed by atoms with Gasteiger partial charge in [-0.15, -0.1) is 0 Å². The molecular formula is C15H20N4O2. The van der Waals surface area contributed by atoms with Crippen LogP contribution in [0.15, 0.2) is 24.3 Å². The molecule has 0 aromatic heterocycles. The van der Waals surface area contributed by atoms with Crippen LogP contribution < -0.4 is 16.4 Å². The van der Waals surface area contributed by atoms with E-state index in [1.807, 2.05) is 13.8 Å². The topological polar surface area (TPSA) is 108 Å². The highest BCUT2D eigenvalue weighted by Gasteiger charge is 2.29. The number of hydrogen-bond donors (Lipinski definition) is 3. The lowest BCUT2D eigenvalue weighted by atomic mass is 9.90. The third-order valence-electron chi connectivity index (χ3n) is 3.42. The molecule has 1 atom stereocenters. The molecule has 4 N–H and O–H groups in total. The van der Waals surface area contributed by atoms with Crippen molar-refractivity contribution in [1.29, 1.82) is 5.26 Å². The summed E-state index contributed by atoms with van der Waals surface area (Å²) < 4.78 is 0. The first kappa shape index (κ1) is 16.5. The Labute approximate surface area is 124 Å². The summed E-state index contributed by atoms with van der Waals surface area (Å²) >= 11 is 0. The van der Waals surface area contributed by atoms with E-state index in [2.05, 4.69) is 16.7 Å². The zero-order chi connectivity index (χ0) is 16.0. The molecule has 0 saturated carbocycles. The molecule has 0 aliphatic carbocycles. The SMILES string of the molecule is CC(C)C(C)(C#N)NC(=O)CNc1ccccc1C(N)=O. The fourth-order valence-electron chi connectivity index (χ4n) is 1.66. The second-order valence-electron chi connectivity index (χ2n) is 5.28. The lowest BCUT2D eigenvalue weighted by Gasteiger charge is -2.27. The summed E-state index contributed by atoms with van der Waals surface area (Å²) in [4.78, 5) is 23.2. The smallest absolute Gasteiger partial charge is 0.250 e. The van der Waals surface area contributed by atoms with E-state index in [1.165, 1.54) is 0 Å². The molecule has 2 amide bonds. The Balaban J connectivity index is 2.71. The predicted molar refractivity (Wildman–Crippen MR) is 80.4 cm³/mol. The van der Waals surface area contributed by atoms with Crippen LogP contribution in [0.1, 0.15) is 31.1 Å². The molecule has 0 bridgehead atoms. The molecule has 0 aliphatic rings. The van der Waals surface area contributed by atoms with Gasteiger partial charge >= 0.3 is 0 Å². The van der Waals surface area contributed by atoms with E-state index in [0.717, 1.165) is 0 Å². The van der Waals surface area contributed by atoms with Gasteiger partial charge in [-0.3, -0.25) is 9.59 Å². The zero-order valence-electron chi connectivity index (χ0n) is 12.4. The molecule has 0 fully saturated rings. The number of rotatable bonds is 6. The van der Waals surface area contributed by atoms with Crippen molar-refractivity contribution in [1.82, 2.24) is 5.32 Å². The van der Waals surface area contributed by atoms with Crippen molar-refractivity contribution in [3.63, 3.8) is 0 Å². The molecule has 0 heterocycles. The number of primary amides is 1. The first-order valence-corrected chi connectivity index (χ1v) is 6.65. The molecule has 1 rings (SSSR count). The molecule has 1 aromatic rings. The van der Waals surface area contributed by atoms with E-state index in [4.69, 9.17) is 11.0 Å². The van der Waals surface area contributed by atoms with Gasteiger partial charge in [-0.05, 0) is 25.0 Å². The summed E-state index contributed by atoms with van der Waals surface area (Å²) in [6.45, 7) is 5.35. The lowest BCUT2D eigenvalue weighted by Crippen LogP contribution is -2.50. The van der Waals surface area contributed by atoms with E-state index in [0.29, 0.717) is 11.3 Å². The minimum absolute atomic E-state index is 0.0237. The summed E-state index contributed by atoms with van der Waals surface area (Å²) in [7, 11) is 0. The summed E-state index contributed by atoms with van der Waals surface area (Å²) in [5, 5.41) is 14.7. The minimum atomic E-state index is -0.929. The highest BCUT2D eigenvalue weighted by Crippen LogP contribution is 2.16. The minimum Gasteiger partial charge on any atom is -0.376 e. The van der Waals surface area contributed by atoms with Crippen LogP contribution in [0.25, 0.3) is 0 Å². The molecular weight excluding hydrogens is 268 g/mol. The molecule has 6 nitrogen and oxygen atoms in total. The molecule has 0 saturated heterocycles. The summed E-state index contributed by atoms with van der Waals surface area (Å²) in [6.07, 6.45) is 0. The maximum absolute atomic E-state index is 11.9. The number of carbonyl (C=O) groups excluding carboxylic acids is 2. The molecule has 1 unspecified atom stereocenters. The maximum Gasteiger partial charge on any atom is 0.250 e. The van der Waals surface area contributed by atoms with Crippen molar-refractivity contribution in [2.24, 2.45) is 11.7 Å². The third kappa shape index (κ3) is 4.21. The molecule has 1 aromatic carbocycles. The van der Waals surface area contributed by atoms with Crippen LogP contribution in [0.4, 0.5) is 5.69 Å². The standard InChI is InChI=1S/C15H20N4O2/c1-10(2)15(3,9-16)19-13(20)8-18-12-7-5-4-6-11(12)14(17)21/h4-7,10,18H,8H2,1-3H3,(H2,17,21)(H,19,20). The number of nitriles is 1. The Morgan fingerprint density at radius 2 is 2.00 bits per heavy atom. The highest BCUT2D eigenvalue weighted by molar-refractivity contribution is 5.99. The Hall–Kier alpha value is -2.55. The van der Waals surface area contributed by atoms with E-state index < -0.39 is 11.4 Å². The van der Waals surface area contributed by atoms with Crippen LogP contribution in [0.2, 0.25) is 0 Å².